The number of hydrogen-bond acceptors (Lipinski definition) is 1. The van der Waals surface area contributed by atoms with Crippen LogP contribution in [0.25, 0.3) is 0 Å². The number of piperidine rings is 1. The van der Waals surface area contributed by atoms with Crippen LogP contribution >= 0.6 is 0 Å². The van der Waals surface area contributed by atoms with E-state index < -0.39 is 0 Å². The van der Waals surface area contributed by atoms with Crippen molar-refractivity contribution >= 4 is 0 Å². The lowest BCUT2D eigenvalue weighted by molar-refractivity contribution is 0.398. The molecule has 0 bridgehead atoms. The van der Waals surface area contributed by atoms with Gasteiger partial charge in [0.2, 0.25) is 0 Å². The molecule has 1 aliphatic rings. The summed E-state index contributed by atoms with van der Waals surface area (Å²) in [7, 11) is 2.12. The van der Waals surface area contributed by atoms with Crippen molar-refractivity contribution in [2.24, 2.45) is 7.05 Å². The highest BCUT2D eigenvalue weighted by Gasteiger charge is 2.15. The maximum atomic E-state index is 3.54. The van der Waals surface area contributed by atoms with Crippen LogP contribution in [0.4, 0.5) is 0 Å². The minimum atomic E-state index is 0.596. The number of aromatic nitrogens is 1. The van der Waals surface area contributed by atoms with Crippen molar-refractivity contribution in [1.29, 1.82) is 0 Å². The highest BCUT2D eigenvalue weighted by Crippen LogP contribution is 2.22. The van der Waals surface area contributed by atoms with Crippen molar-refractivity contribution in [2.45, 2.75) is 25.3 Å². The largest absolute Gasteiger partial charge is 0.353 e. The predicted molar refractivity (Wildman–Crippen MR) is 50.0 cm³/mol. The zero-order chi connectivity index (χ0) is 8.39. The molecule has 1 N–H and O–H groups in total. The molecule has 1 aromatic heterocycles. The van der Waals surface area contributed by atoms with Crippen LogP contribution in [0, 0.1) is 0 Å². The molecule has 0 aromatic carbocycles. The summed E-state index contributed by atoms with van der Waals surface area (Å²) in [5, 5.41) is 3.54. The summed E-state index contributed by atoms with van der Waals surface area (Å²) in [4.78, 5) is 0. The van der Waals surface area contributed by atoms with Crippen LogP contribution in [0.5, 0.6) is 0 Å². The molecule has 1 aliphatic heterocycles. The van der Waals surface area contributed by atoms with Crippen molar-refractivity contribution in [3.8, 4) is 0 Å². The van der Waals surface area contributed by atoms with Gasteiger partial charge in [0.1, 0.15) is 0 Å². The van der Waals surface area contributed by atoms with Crippen LogP contribution in [-0.2, 0) is 7.05 Å². The first-order valence-electron chi connectivity index (χ1n) is 4.72. The van der Waals surface area contributed by atoms with Gasteiger partial charge in [0.15, 0.2) is 0 Å². The molecule has 2 heterocycles. The number of nitrogens with one attached hydrogen (secondary N) is 1. The summed E-state index contributed by atoms with van der Waals surface area (Å²) >= 11 is 0. The molecular weight excluding hydrogens is 148 g/mol. The van der Waals surface area contributed by atoms with Gasteiger partial charge in [-0.05, 0) is 31.5 Å². The minimum Gasteiger partial charge on any atom is -0.353 e. The van der Waals surface area contributed by atoms with Crippen LogP contribution in [0.2, 0.25) is 0 Å². The van der Waals surface area contributed by atoms with E-state index in [4.69, 9.17) is 0 Å². The Labute approximate surface area is 73.6 Å². The predicted octanol–water partition coefficient (Wildman–Crippen LogP) is 1.84. The van der Waals surface area contributed by atoms with Crippen molar-refractivity contribution < 1.29 is 0 Å². The first kappa shape index (κ1) is 7.87. The first-order valence-corrected chi connectivity index (χ1v) is 4.72. The molecule has 0 saturated carbocycles. The Morgan fingerprint density at radius 2 is 2.42 bits per heavy atom. The van der Waals surface area contributed by atoms with E-state index >= 15 is 0 Å². The molecule has 0 aliphatic carbocycles. The highest BCUT2D eigenvalue weighted by atomic mass is 15.0. The summed E-state index contributed by atoms with van der Waals surface area (Å²) in [6.45, 7) is 1.18. The van der Waals surface area contributed by atoms with Gasteiger partial charge in [0, 0.05) is 25.0 Å². The molecule has 0 amide bonds. The van der Waals surface area contributed by atoms with E-state index in [0.29, 0.717) is 6.04 Å². The van der Waals surface area contributed by atoms with Crippen LogP contribution in [0.3, 0.4) is 0 Å². The number of hydrogen-bond donors (Lipinski definition) is 1. The molecule has 1 fully saturated rings. The minimum absolute atomic E-state index is 0.596. The van der Waals surface area contributed by atoms with Crippen LogP contribution in [-0.4, -0.2) is 11.1 Å². The van der Waals surface area contributed by atoms with Gasteiger partial charge in [-0.3, -0.25) is 0 Å². The standard InChI is InChI=1S/C10H16N2/c1-12-8-4-6-10(12)9-5-2-3-7-11-9/h4,6,8-9,11H,2-3,5,7H2,1H3/t9-/m1/s1. The molecule has 1 atom stereocenters. The van der Waals surface area contributed by atoms with E-state index in [2.05, 4.69) is 35.3 Å². The Bertz CT molecular complexity index is 246. The molecular formula is C10H16N2. The quantitative estimate of drug-likeness (QED) is 0.670. The average Bonchev–Trinajstić information content (AvgIpc) is 2.53. The lowest BCUT2D eigenvalue weighted by atomic mass is 10.0. The van der Waals surface area contributed by atoms with E-state index in [1.54, 1.807) is 0 Å². The van der Waals surface area contributed by atoms with Gasteiger partial charge in [-0.1, -0.05) is 6.42 Å². The van der Waals surface area contributed by atoms with Gasteiger partial charge >= 0.3 is 0 Å². The molecule has 0 spiro atoms. The Balaban J connectivity index is 2.13. The third-order valence-electron chi connectivity index (χ3n) is 2.65. The molecule has 2 heteroatoms. The second-order valence-corrected chi connectivity index (χ2v) is 3.55. The Morgan fingerprint density at radius 1 is 1.50 bits per heavy atom. The second kappa shape index (κ2) is 3.31. The first-order chi connectivity index (χ1) is 5.88. The maximum absolute atomic E-state index is 3.54. The van der Waals surface area contributed by atoms with Gasteiger partial charge in [-0.2, -0.15) is 0 Å². The Hall–Kier alpha value is -0.760. The van der Waals surface area contributed by atoms with E-state index in [9.17, 15) is 0 Å². The Morgan fingerprint density at radius 3 is 3.00 bits per heavy atom. The smallest absolute Gasteiger partial charge is 0.0474 e. The topological polar surface area (TPSA) is 17.0 Å². The maximum Gasteiger partial charge on any atom is 0.0474 e. The highest BCUT2D eigenvalue weighted by molar-refractivity contribution is 5.12. The van der Waals surface area contributed by atoms with E-state index in [1.807, 2.05) is 0 Å². The molecule has 0 radical (unpaired) electrons. The summed E-state index contributed by atoms with van der Waals surface area (Å²) in [6.07, 6.45) is 6.10. The Kier molecular flexibility index (Phi) is 2.17. The number of rotatable bonds is 1. The summed E-state index contributed by atoms with van der Waals surface area (Å²) in [5.74, 6) is 0. The fraction of sp³-hybridized carbons (Fsp3) is 0.600. The van der Waals surface area contributed by atoms with Crippen molar-refractivity contribution in [1.82, 2.24) is 9.88 Å². The van der Waals surface area contributed by atoms with Gasteiger partial charge in [-0.15, -0.1) is 0 Å². The summed E-state index contributed by atoms with van der Waals surface area (Å²) < 4.78 is 2.21. The molecule has 12 heavy (non-hydrogen) atoms. The lowest BCUT2D eigenvalue weighted by Crippen LogP contribution is -2.28. The van der Waals surface area contributed by atoms with Crippen molar-refractivity contribution in [2.75, 3.05) is 6.54 Å². The molecule has 66 valence electrons. The zero-order valence-corrected chi connectivity index (χ0v) is 7.59. The fourth-order valence-corrected chi connectivity index (χ4v) is 1.94. The number of nitrogens with zero attached hydrogens (tertiary/aromatic N) is 1. The third-order valence-corrected chi connectivity index (χ3v) is 2.65. The molecule has 2 nitrogen and oxygen atoms in total. The third kappa shape index (κ3) is 1.39. The van der Waals surface area contributed by atoms with Crippen LogP contribution in [0.1, 0.15) is 31.0 Å². The molecule has 2 rings (SSSR count). The lowest BCUT2D eigenvalue weighted by Gasteiger charge is -2.23. The second-order valence-electron chi connectivity index (χ2n) is 3.55. The van der Waals surface area contributed by atoms with Crippen LogP contribution < -0.4 is 5.32 Å². The van der Waals surface area contributed by atoms with Gasteiger partial charge in [-0.25, -0.2) is 0 Å². The molecule has 1 aromatic rings. The van der Waals surface area contributed by atoms with Crippen molar-refractivity contribution in [3.63, 3.8) is 0 Å². The molecule has 0 unspecified atom stereocenters. The average molecular weight is 164 g/mol. The number of aryl methyl sites for hydroxylation is 1. The summed E-state index contributed by atoms with van der Waals surface area (Å²) in [5.41, 5.74) is 1.43. The van der Waals surface area contributed by atoms with Gasteiger partial charge < -0.3 is 9.88 Å². The fourth-order valence-electron chi connectivity index (χ4n) is 1.94. The van der Waals surface area contributed by atoms with Crippen LogP contribution in [0.15, 0.2) is 18.3 Å². The SMILES string of the molecule is Cn1cccc1[C@H]1CCCCN1. The van der Waals surface area contributed by atoms with E-state index in [0.717, 1.165) is 0 Å². The van der Waals surface area contributed by atoms with Crippen molar-refractivity contribution in [3.05, 3.63) is 24.0 Å². The van der Waals surface area contributed by atoms with E-state index in [1.165, 1.54) is 31.5 Å². The molecule has 1 saturated heterocycles. The van der Waals surface area contributed by atoms with Gasteiger partial charge in [0.05, 0.1) is 0 Å². The normalized spacial score (nSPS) is 24.2. The zero-order valence-electron chi connectivity index (χ0n) is 7.59. The summed E-state index contributed by atoms with van der Waals surface area (Å²) in [6, 6.07) is 4.92. The van der Waals surface area contributed by atoms with E-state index in [-0.39, 0.29) is 0 Å². The monoisotopic (exact) mass is 164 g/mol. The van der Waals surface area contributed by atoms with Gasteiger partial charge in [0.25, 0.3) is 0 Å².